The number of nitrogens with zero attached hydrogens (tertiary/aromatic N) is 4. The number of carbonyl (C=O) groups is 5. The normalized spacial score (nSPS) is 18.7. The topological polar surface area (TPSA) is 179 Å². The minimum Gasteiger partial charge on any atom is -0.480 e. The second-order valence-electron chi connectivity index (χ2n) is 6.42. The first kappa shape index (κ1) is 23.4. The summed E-state index contributed by atoms with van der Waals surface area (Å²) in [6.45, 7) is -1.93. The molecular weight excluding hydrogens is 380 g/mol. The molecule has 0 aromatic rings. The van der Waals surface area contributed by atoms with Crippen LogP contribution < -0.4 is 0 Å². The van der Waals surface area contributed by atoms with Gasteiger partial charge in [-0.15, -0.1) is 0 Å². The van der Waals surface area contributed by atoms with Gasteiger partial charge in [-0.05, 0) is 6.42 Å². The van der Waals surface area contributed by atoms with Crippen LogP contribution in [0.5, 0.6) is 0 Å². The Labute approximate surface area is 160 Å². The van der Waals surface area contributed by atoms with Crippen molar-refractivity contribution in [3.8, 4) is 0 Å². The van der Waals surface area contributed by atoms with Gasteiger partial charge < -0.3 is 25.2 Å². The lowest BCUT2D eigenvalue weighted by atomic mass is 10.1. The molecule has 13 nitrogen and oxygen atoms in total. The van der Waals surface area contributed by atoms with E-state index in [1.165, 1.54) is 19.6 Å². The molecule has 1 aliphatic heterocycles. The minimum atomic E-state index is -1.23. The Bertz CT molecular complexity index is 572. The molecule has 1 saturated heterocycles. The molecule has 0 aliphatic carbocycles. The Morgan fingerprint density at radius 1 is 0.750 bits per heavy atom. The molecule has 0 aromatic heterocycles. The predicted octanol–water partition coefficient (Wildman–Crippen LogP) is -2.28. The number of carboxylic acids is 4. The standard InChI is InChI=1S/C15H24N4O9/c20-3-1-2-11(15(27)28)19-9-17(5-13(23)24)7-16(4-12(21)22)8-18(10-19)6-14(25)26/h3,11H,1-2,4-10H2,(H,21,22)(H,23,24)(H,25,26)(H,27,28). The number of aliphatic carboxylic acids is 4. The van der Waals surface area contributed by atoms with Crippen molar-refractivity contribution in [2.24, 2.45) is 0 Å². The number of hydrogen-bond donors (Lipinski definition) is 4. The van der Waals surface area contributed by atoms with Crippen molar-refractivity contribution in [3.05, 3.63) is 0 Å². The average Bonchev–Trinajstić information content (AvgIpc) is 2.51. The van der Waals surface area contributed by atoms with Gasteiger partial charge in [0.1, 0.15) is 12.3 Å². The van der Waals surface area contributed by atoms with Gasteiger partial charge in [-0.2, -0.15) is 0 Å². The van der Waals surface area contributed by atoms with Gasteiger partial charge in [-0.25, -0.2) is 0 Å². The van der Waals surface area contributed by atoms with E-state index < -0.39 is 49.6 Å². The molecule has 1 unspecified atom stereocenters. The Kier molecular flexibility index (Phi) is 9.44. The summed E-state index contributed by atoms with van der Waals surface area (Å²) >= 11 is 0. The van der Waals surface area contributed by atoms with Crippen molar-refractivity contribution in [2.45, 2.75) is 18.9 Å². The van der Waals surface area contributed by atoms with E-state index in [0.717, 1.165) is 0 Å². The molecule has 0 bridgehead atoms. The molecule has 0 aromatic carbocycles. The van der Waals surface area contributed by atoms with Gasteiger partial charge in [0.15, 0.2) is 0 Å². The molecule has 1 aliphatic rings. The van der Waals surface area contributed by atoms with Gasteiger partial charge >= 0.3 is 23.9 Å². The fraction of sp³-hybridized carbons (Fsp3) is 0.667. The van der Waals surface area contributed by atoms with E-state index in [9.17, 15) is 29.1 Å². The van der Waals surface area contributed by atoms with Crippen LogP contribution in [-0.4, -0.2) is 123 Å². The summed E-state index contributed by atoms with van der Waals surface area (Å²) in [5, 5.41) is 36.7. The van der Waals surface area contributed by atoms with Crippen LogP contribution in [0, 0.1) is 0 Å². The van der Waals surface area contributed by atoms with Crippen LogP contribution in [-0.2, 0) is 24.0 Å². The molecule has 0 radical (unpaired) electrons. The molecule has 1 rings (SSSR count). The predicted molar refractivity (Wildman–Crippen MR) is 91.1 cm³/mol. The van der Waals surface area contributed by atoms with Crippen molar-refractivity contribution >= 4 is 30.2 Å². The van der Waals surface area contributed by atoms with Crippen molar-refractivity contribution < 1.29 is 44.4 Å². The van der Waals surface area contributed by atoms with E-state index in [4.69, 9.17) is 15.3 Å². The molecule has 0 spiro atoms. The zero-order valence-electron chi connectivity index (χ0n) is 15.1. The third-order valence-corrected chi connectivity index (χ3v) is 3.92. The van der Waals surface area contributed by atoms with Crippen LogP contribution >= 0.6 is 0 Å². The fourth-order valence-corrected chi connectivity index (χ4v) is 3.02. The third-order valence-electron chi connectivity index (χ3n) is 3.92. The maximum atomic E-state index is 11.7. The fourth-order valence-electron chi connectivity index (χ4n) is 3.02. The number of carboxylic acid groups (broad SMARTS) is 4. The van der Waals surface area contributed by atoms with Crippen LogP contribution in [0.1, 0.15) is 12.8 Å². The Morgan fingerprint density at radius 3 is 1.46 bits per heavy atom. The van der Waals surface area contributed by atoms with Crippen molar-refractivity contribution in [1.29, 1.82) is 0 Å². The third kappa shape index (κ3) is 8.39. The van der Waals surface area contributed by atoms with E-state index in [1.807, 2.05) is 0 Å². The molecule has 158 valence electrons. The van der Waals surface area contributed by atoms with Crippen molar-refractivity contribution in [2.75, 3.05) is 46.3 Å². The summed E-state index contributed by atoms with van der Waals surface area (Å²) in [5.74, 6) is -4.76. The lowest BCUT2D eigenvalue weighted by molar-refractivity contribution is -0.151. The SMILES string of the molecule is O=CCCC(C(=O)O)N1CN(CC(=O)O)CN(CC(=O)O)CN(CC(=O)O)C1. The van der Waals surface area contributed by atoms with E-state index in [2.05, 4.69) is 0 Å². The van der Waals surface area contributed by atoms with E-state index in [-0.39, 0.29) is 39.5 Å². The Hall–Kier alpha value is -2.61. The number of hydrogen-bond acceptors (Lipinski definition) is 9. The van der Waals surface area contributed by atoms with Crippen LogP contribution in [0.3, 0.4) is 0 Å². The van der Waals surface area contributed by atoms with Crippen molar-refractivity contribution in [3.63, 3.8) is 0 Å². The highest BCUT2D eigenvalue weighted by molar-refractivity contribution is 5.74. The van der Waals surface area contributed by atoms with E-state index in [0.29, 0.717) is 6.29 Å². The van der Waals surface area contributed by atoms with Crippen molar-refractivity contribution in [1.82, 2.24) is 19.6 Å². The highest BCUT2D eigenvalue weighted by Crippen LogP contribution is 2.14. The van der Waals surface area contributed by atoms with Gasteiger partial charge in [-0.3, -0.25) is 38.8 Å². The van der Waals surface area contributed by atoms with Crippen LogP contribution in [0.2, 0.25) is 0 Å². The molecular formula is C15H24N4O9. The maximum Gasteiger partial charge on any atom is 0.321 e. The first-order valence-corrected chi connectivity index (χ1v) is 8.35. The summed E-state index contributed by atoms with van der Waals surface area (Å²) in [5.41, 5.74) is 0. The molecule has 0 saturated carbocycles. The van der Waals surface area contributed by atoms with Gasteiger partial charge in [0.25, 0.3) is 0 Å². The smallest absolute Gasteiger partial charge is 0.321 e. The summed E-state index contributed by atoms with van der Waals surface area (Å²) in [7, 11) is 0. The molecule has 13 heteroatoms. The second-order valence-corrected chi connectivity index (χ2v) is 6.42. The first-order chi connectivity index (χ1) is 13.1. The Morgan fingerprint density at radius 2 is 1.14 bits per heavy atom. The van der Waals surface area contributed by atoms with Crippen LogP contribution in [0.25, 0.3) is 0 Å². The zero-order valence-corrected chi connectivity index (χ0v) is 15.1. The van der Waals surface area contributed by atoms with E-state index in [1.54, 1.807) is 0 Å². The number of rotatable bonds is 11. The average molecular weight is 404 g/mol. The molecule has 4 N–H and O–H groups in total. The molecule has 1 heterocycles. The highest BCUT2D eigenvalue weighted by atomic mass is 16.4. The van der Waals surface area contributed by atoms with E-state index >= 15 is 0 Å². The van der Waals surface area contributed by atoms with Crippen LogP contribution in [0.4, 0.5) is 0 Å². The zero-order chi connectivity index (χ0) is 21.3. The maximum absolute atomic E-state index is 11.7. The number of carbonyl (C=O) groups excluding carboxylic acids is 1. The minimum absolute atomic E-state index is 0.0283. The van der Waals surface area contributed by atoms with Crippen LogP contribution in [0.15, 0.2) is 0 Å². The number of aldehydes is 1. The highest BCUT2D eigenvalue weighted by Gasteiger charge is 2.32. The van der Waals surface area contributed by atoms with Gasteiger partial charge in [0.05, 0.1) is 46.3 Å². The molecule has 1 atom stereocenters. The first-order valence-electron chi connectivity index (χ1n) is 8.35. The monoisotopic (exact) mass is 404 g/mol. The lowest BCUT2D eigenvalue weighted by Crippen LogP contribution is -2.60. The summed E-state index contributed by atoms with van der Waals surface area (Å²) in [6, 6.07) is -1.14. The largest absolute Gasteiger partial charge is 0.480 e. The van der Waals surface area contributed by atoms with Gasteiger partial charge in [0.2, 0.25) is 0 Å². The molecule has 1 fully saturated rings. The molecule has 0 amide bonds. The quantitative estimate of drug-likeness (QED) is 0.271. The summed E-state index contributed by atoms with van der Waals surface area (Å²) in [6.07, 6.45) is 0.509. The second kappa shape index (κ2) is 11.3. The summed E-state index contributed by atoms with van der Waals surface area (Å²) < 4.78 is 0. The van der Waals surface area contributed by atoms with Gasteiger partial charge in [0, 0.05) is 6.42 Å². The summed E-state index contributed by atoms with van der Waals surface area (Å²) in [4.78, 5) is 61.1. The Balaban J connectivity index is 3.13. The molecule has 28 heavy (non-hydrogen) atoms. The van der Waals surface area contributed by atoms with Gasteiger partial charge in [-0.1, -0.05) is 0 Å². The lowest BCUT2D eigenvalue weighted by Gasteiger charge is -2.42.